The Balaban J connectivity index is 0. The molecule has 0 amide bonds. The van der Waals surface area contributed by atoms with E-state index in [1.807, 2.05) is 0 Å². The third-order valence-corrected chi connectivity index (χ3v) is 0. The van der Waals surface area contributed by atoms with Gasteiger partial charge < -0.3 is 5.48 Å². The zero-order valence-corrected chi connectivity index (χ0v) is 14.8. The van der Waals surface area contributed by atoms with Crippen LogP contribution < -0.4 is 0 Å². The van der Waals surface area contributed by atoms with Gasteiger partial charge in [0.15, 0.2) is 0 Å². The van der Waals surface area contributed by atoms with Gasteiger partial charge in [-0.1, -0.05) is 0 Å². The molecule has 2 N–H and O–H groups in total. The van der Waals surface area contributed by atoms with Gasteiger partial charge in [-0.25, -0.2) is 0 Å². The molecule has 5 heavy (non-hydrogen) atoms. The van der Waals surface area contributed by atoms with E-state index in [2.05, 4.69) is 0 Å². The van der Waals surface area contributed by atoms with Crippen LogP contribution >= 0.6 is 0 Å². The molecule has 0 saturated heterocycles. The fourth-order valence-electron chi connectivity index (χ4n) is 0. The minimum Gasteiger partial charge on any atom is -0.412 e. The van der Waals surface area contributed by atoms with Gasteiger partial charge >= 0.3 is 0 Å². The van der Waals surface area contributed by atoms with Gasteiger partial charge in [0.2, 0.25) is 0 Å². The van der Waals surface area contributed by atoms with Crippen molar-refractivity contribution in [2.75, 3.05) is 0 Å². The fraction of sp³-hybridized carbons (Fsp3) is 0. The van der Waals surface area contributed by atoms with Crippen molar-refractivity contribution in [3.8, 4) is 0 Å². The van der Waals surface area contributed by atoms with E-state index in [0.717, 1.165) is 0 Å². The van der Waals surface area contributed by atoms with E-state index >= 15 is 0 Å². The Morgan fingerprint density at radius 2 is 1.00 bits per heavy atom. The minimum atomic E-state index is 0. The predicted octanol–water partition coefficient (Wildman–Crippen LogP) is -0.830. The maximum atomic E-state index is 0. The molecule has 0 aromatic heterocycles. The van der Waals surface area contributed by atoms with Crippen LogP contribution in [0.4, 0.5) is 0 Å². The Hall–Kier alpha value is 4.49. The average molecular weight is 481 g/mol. The molecule has 0 spiro atoms. The SMILES string of the molecule is O.[La].[Nd].[Y].[Zr]. The van der Waals surface area contributed by atoms with Crippen molar-refractivity contribution in [3.05, 3.63) is 0 Å². The molecule has 22 valence electrons. The Kier molecular flexibility index (Phi) is 160. The van der Waals surface area contributed by atoms with Crippen molar-refractivity contribution in [2.45, 2.75) is 0 Å². The van der Waals surface area contributed by atoms with Gasteiger partial charge in [-0.2, -0.15) is 0 Å². The molecule has 2 radical (unpaired) electrons. The van der Waals surface area contributed by atoms with Gasteiger partial charge in [0.25, 0.3) is 0 Å². The van der Waals surface area contributed by atoms with Crippen LogP contribution in [0.3, 0.4) is 0 Å². The van der Waals surface area contributed by atoms with Crippen LogP contribution in [0.25, 0.3) is 0 Å². The quantitative estimate of drug-likeness (QED) is 0.433. The predicted molar refractivity (Wildman–Crippen MR) is 3.61 cm³/mol. The van der Waals surface area contributed by atoms with E-state index in [1.165, 1.54) is 0 Å². The summed E-state index contributed by atoms with van der Waals surface area (Å²) in [5.74, 6) is 0. The molecular weight excluding hydrogens is 479 g/mol. The Bertz CT molecular complexity index is 11.6. The molecule has 0 aliphatic carbocycles. The van der Waals surface area contributed by atoms with Gasteiger partial charge in [-0.05, 0) is 0 Å². The number of hydrogen-bond acceptors (Lipinski definition) is 0. The molecule has 1 nitrogen and oxygen atoms in total. The zero-order valence-electron chi connectivity index (χ0n) is 2.65. The molecule has 0 heterocycles. The summed E-state index contributed by atoms with van der Waals surface area (Å²) in [6, 6.07) is 0. The smallest absolute Gasteiger partial charge is 0 e. The summed E-state index contributed by atoms with van der Waals surface area (Å²) in [5, 5.41) is 0. The first-order valence-corrected chi connectivity index (χ1v) is 0. The van der Waals surface area contributed by atoms with Crippen LogP contribution in [0, 0.1) is 76.4 Å². The zero-order chi connectivity index (χ0) is 0. The molecule has 0 aromatic carbocycles. The molecule has 0 atom stereocenters. The van der Waals surface area contributed by atoms with Crippen molar-refractivity contribution in [3.63, 3.8) is 0 Å². The minimum absolute atomic E-state index is 0. The second-order valence-corrected chi connectivity index (χ2v) is 0. The van der Waals surface area contributed by atoms with Crippen LogP contribution in [0.15, 0.2) is 0 Å². The van der Waals surface area contributed by atoms with E-state index < -0.39 is 0 Å². The van der Waals surface area contributed by atoms with Crippen LogP contribution in [0.5, 0.6) is 0 Å². The van der Waals surface area contributed by atoms with Crippen molar-refractivity contribution in [1.82, 2.24) is 0 Å². The van der Waals surface area contributed by atoms with E-state index in [9.17, 15) is 0 Å². The first-order chi connectivity index (χ1) is 0. The molecular formula is H2LaNdOYZr. The van der Waals surface area contributed by atoms with Gasteiger partial charge in [0.1, 0.15) is 0 Å². The third kappa shape index (κ3) is 17.7. The maximum absolute atomic E-state index is 0. The van der Waals surface area contributed by atoms with E-state index in [-0.39, 0.29) is 141 Å². The van der Waals surface area contributed by atoms with Crippen molar-refractivity contribution >= 4 is 0 Å². The maximum Gasteiger partial charge on any atom is 0 e. The summed E-state index contributed by atoms with van der Waals surface area (Å²) in [5.41, 5.74) is 0. The summed E-state index contributed by atoms with van der Waals surface area (Å²) in [6.45, 7) is 0. The molecule has 0 rings (SSSR count). The monoisotopic (exact) mass is 478 g/mol. The van der Waals surface area contributed by atoms with E-state index in [4.69, 9.17) is 0 Å². The third-order valence-electron chi connectivity index (χ3n) is 0. The van der Waals surface area contributed by atoms with Crippen molar-refractivity contribution < 1.29 is 141 Å². The summed E-state index contributed by atoms with van der Waals surface area (Å²) < 4.78 is 0. The van der Waals surface area contributed by atoms with Gasteiger partial charge in [-0.15, -0.1) is 0 Å². The van der Waals surface area contributed by atoms with Gasteiger partial charge in [0, 0.05) is 135 Å². The standard InChI is InChI=1S/La.Nd.H2O.Y.Zr/h;;1H2;;. The normalized spacial score (nSPS) is 0. The summed E-state index contributed by atoms with van der Waals surface area (Å²) in [6.07, 6.45) is 0. The Morgan fingerprint density at radius 3 is 1.00 bits per heavy atom. The van der Waals surface area contributed by atoms with Crippen LogP contribution in [-0.4, -0.2) is 5.48 Å². The molecule has 5 heteroatoms. The van der Waals surface area contributed by atoms with Crippen LogP contribution in [0.2, 0.25) is 0 Å². The summed E-state index contributed by atoms with van der Waals surface area (Å²) >= 11 is 0. The molecule has 0 unspecified atom stereocenters. The second-order valence-electron chi connectivity index (χ2n) is 0. The van der Waals surface area contributed by atoms with E-state index in [1.54, 1.807) is 0 Å². The molecule has 0 aromatic rings. The van der Waals surface area contributed by atoms with Gasteiger partial charge in [-0.3, -0.25) is 0 Å². The molecule has 0 aliphatic heterocycles. The van der Waals surface area contributed by atoms with E-state index in [0.29, 0.717) is 0 Å². The summed E-state index contributed by atoms with van der Waals surface area (Å²) in [7, 11) is 0. The fourth-order valence-corrected chi connectivity index (χ4v) is 0. The first kappa shape index (κ1) is 33.9. The van der Waals surface area contributed by atoms with Gasteiger partial charge in [0.05, 0.1) is 0 Å². The molecule has 0 saturated carbocycles. The number of hydrogen-bond donors (Lipinski definition) is 0. The summed E-state index contributed by atoms with van der Waals surface area (Å²) in [4.78, 5) is 0. The average Bonchev–Trinajstić information content (AvgIpc) is 0. The van der Waals surface area contributed by atoms with Crippen molar-refractivity contribution in [1.29, 1.82) is 0 Å². The van der Waals surface area contributed by atoms with Crippen LogP contribution in [-0.2, 0) is 58.9 Å². The number of rotatable bonds is 0. The second kappa shape index (κ2) is 23.6. The molecule has 0 fully saturated rings. The molecule has 0 bridgehead atoms. The Morgan fingerprint density at radius 1 is 1.00 bits per heavy atom. The molecule has 0 aliphatic rings. The topological polar surface area (TPSA) is 31.5 Å². The van der Waals surface area contributed by atoms with Crippen molar-refractivity contribution in [2.24, 2.45) is 0 Å². The largest absolute Gasteiger partial charge is 0.412 e. The van der Waals surface area contributed by atoms with Crippen LogP contribution in [0.1, 0.15) is 0 Å². The first-order valence-electron chi connectivity index (χ1n) is 0. The Labute approximate surface area is 137 Å².